The monoisotopic (exact) mass is 1210 g/mol. The number of halogens is 3. The van der Waals surface area contributed by atoms with E-state index in [-0.39, 0.29) is 27.9 Å². The number of fused-ring (bicyclic) bond motifs is 6. The number of alkyl halides is 3. The van der Waals surface area contributed by atoms with Gasteiger partial charge < -0.3 is 9.13 Å². The van der Waals surface area contributed by atoms with Crippen LogP contribution < -0.4 is 0 Å². The van der Waals surface area contributed by atoms with Crippen molar-refractivity contribution < 1.29 is 13.2 Å². The molecule has 0 unspecified atom stereocenters. The molecule has 0 aliphatic heterocycles. The molecular formula is C83H47F3N8. The van der Waals surface area contributed by atoms with Crippen LogP contribution in [0.3, 0.4) is 0 Å². The predicted octanol–water partition coefficient (Wildman–Crippen LogP) is 20.8. The first-order chi connectivity index (χ1) is 46.1. The molecular weight excluding hydrogens is 1170 g/mol. The summed E-state index contributed by atoms with van der Waals surface area (Å²) >= 11 is 0. The lowest BCUT2D eigenvalue weighted by atomic mass is 9.92. The van der Waals surface area contributed by atoms with Crippen LogP contribution in [0.25, 0.3) is 156 Å². The topological polar surface area (TPSA) is 109 Å². The largest absolute Gasteiger partial charge is 0.417 e. The summed E-state index contributed by atoms with van der Waals surface area (Å²) in [6, 6.07) is 94.2. The number of benzene rings is 10. The summed E-state index contributed by atoms with van der Waals surface area (Å²) in [5.41, 5.74) is 15.6. The summed E-state index contributed by atoms with van der Waals surface area (Å²) in [5.74, 6) is 0. The molecule has 0 atom stereocenters. The Morgan fingerprint density at radius 3 is 1.09 bits per heavy atom. The predicted molar refractivity (Wildman–Crippen MR) is 367 cm³/mol. The Morgan fingerprint density at radius 1 is 0.330 bits per heavy atom. The van der Waals surface area contributed by atoms with Gasteiger partial charge >= 0.3 is 6.18 Å². The highest BCUT2D eigenvalue weighted by atomic mass is 19.4. The number of nitrogens with zero attached hydrogens (tertiary/aromatic N) is 8. The van der Waals surface area contributed by atoms with Crippen molar-refractivity contribution in [1.29, 1.82) is 10.5 Å². The van der Waals surface area contributed by atoms with Crippen LogP contribution in [0.1, 0.15) is 16.7 Å². The highest BCUT2D eigenvalue weighted by Gasteiger charge is 2.36. The third-order valence-corrected chi connectivity index (χ3v) is 17.5. The summed E-state index contributed by atoms with van der Waals surface area (Å²) < 4.78 is 51.1. The molecule has 440 valence electrons. The Kier molecular flexibility index (Phi) is 13.8. The standard InChI is InChI=1S/C83H47F3N8/c84-83(85,86)71-23-13-22-60(46-87)82(71)65-44-80(93-76-36-28-56(61-24-32-72(89-48-61)52-14-5-1-6-15-52)40-66(76)67-41-57(29-37-77(67)93)62-25-33-73(90-49-62)53-16-7-2-8-17-53)70(47-88)81(45-65)94-78-38-30-58(63-26-34-74(91-50-63)54-18-9-3-10-19-54)42-68(78)69-43-59(31-39-79(69)94)64-27-35-75(92-51-64)55-20-11-4-12-21-55/h1-26,28-34,36-45,48-51H. The van der Waals surface area contributed by atoms with Gasteiger partial charge in [0, 0.05) is 90.8 Å². The van der Waals surface area contributed by atoms with Crippen molar-refractivity contribution in [3.63, 3.8) is 0 Å². The van der Waals surface area contributed by atoms with Crippen molar-refractivity contribution >= 4 is 43.6 Å². The molecule has 0 aliphatic carbocycles. The molecule has 0 fully saturated rings. The van der Waals surface area contributed by atoms with Gasteiger partial charge in [0.1, 0.15) is 17.3 Å². The summed E-state index contributed by atoms with van der Waals surface area (Å²) in [5, 5.41) is 26.1. The van der Waals surface area contributed by atoms with E-state index in [1.54, 1.807) is 18.3 Å². The van der Waals surface area contributed by atoms with Gasteiger partial charge in [0.2, 0.25) is 0 Å². The van der Waals surface area contributed by atoms with Crippen molar-refractivity contribution in [3.8, 4) is 124 Å². The Morgan fingerprint density at radius 2 is 0.723 bits per heavy atom. The molecule has 0 radical (unpaired) electrons. The van der Waals surface area contributed by atoms with E-state index in [1.807, 2.05) is 234 Å². The maximum absolute atomic E-state index is 15.7. The van der Waals surface area contributed by atoms with Gasteiger partial charge in [-0.2, -0.15) is 23.7 Å². The van der Waals surface area contributed by atoms with E-state index in [0.717, 1.165) is 106 Å². The van der Waals surface area contributed by atoms with Crippen LogP contribution in [0.4, 0.5) is 13.2 Å². The molecule has 0 saturated carbocycles. The third-order valence-electron chi connectivity index (χ3n) is 17.5. The van der Waals surface area contributed by atoms with E-state index in [9.17, 15) is 10.5 Å². The van der Waals surface area contributed by atoms with Gasteiger partial charge in [0.05, 0.1) is 73.3 Å². The molecule has 0 spiro atoms. The fraction of sp³-hybridized carbons (Fsp3) is 0.0120. The van der Waals surface area contributed by atoms with Crippen molar-refractivity contribution in [2.75, 3.05) is 0 Å². The Balaban J connectivity index is 0.949. The van der Waals surface area contributed by atoms with E-state index < -0.39 is 11.7 Å². The molecule has 10 aromatic carbocycles. The van der Waals surface area contributed by atoms with E-state index in [0.29, 0.717) is 39.0 Å². The molecule has 11 heteroatoms. The number of aromatic nitrogens is 6. The molecule has 6 aromatic heterocycles. The van der Waals surface area contributed by atoms with Gasteiger partial charge in [0.25, 0.3) is 0 Å². The van der Waals surface area contributed by atoms with Gasteiger partial charge in [-0.25, -0.2) is 4.98 Å². The van der Waals surface area contributed by atoms with Crippen LogP contribution in [0.15, 0.2) is 286 Å². The number of pyridine rings is 3. The Hall–Kier alpha value is -13.0. The van der Waals surface area contributed by atoms with E-state index in [4.69, 9.17) is 19.9 Å². The lowest BCUT2D eigenvalue weighted by Crippen LogP contribution is -2.10. The van der Waals surface area contributed by atoms with Gasteiger partial charge in [-0.3, -0.25) is 15.0 Å². The van der Waals surface area contributed by atoms with Crippen LogP contribution in [-0.2, 0) is 6.18 Å². The van der Waals surface area contributed by atoms with Crippen molar-refractivity contribution in [2.24, 2.45) is 0 Å². The van der Waals surface area contributed by atoms with Crippen molar-refractivity contribution in [2.45, 2.75) is 6.18 Å². The molecule has 16 rings (SSSR count). The molecule has 0 saturated heterocycles. The van der Waals surface area contributed by atoms with Gasteiger partial charge in [0.15, 0.2) is 0 Å². The molecule has 94 heavy (non-hydrogen) atoms. The number of nitriles is 2. The second-order valence-corrected chi connectivity index (χ2v) is 23.0. The van der Waals surface area contributed by atoms with Crippen molar-refractivity contribution in [1.82, 2.24) is 29.1 Å². The molecule has 16 aromatic rings. The van der Waals surface area contributed by atoms with Crippen molar-refractivity contribution in [3.05, 3.63) is 314 Å². The zero-order valence-electron chi connectivity index (χ0n) is 49.8. The average molecular weight is 1210 g/mol. The summed E-state index contributed by atoms with van der Waals surface area (Å²) in [6.07, 6.45) is 2.45. The van der Waals surface area contributed by atoms with E-state index >= 15 is 13.2 Å². The van der Waals surface area contributed by atoms with Crippen LogP contribution >= 0.6 is 0 Å². The number of hydrogen-bond acceptors (Lipinski definition) is 6. The zero-order valence-corrected chi connectivity index (χ0v) is 49.8. The normalized spacial score (nSPS) is 11.5. The fourth-order valence-corrected chi connectivity index (χ4v) is 12.9. The smallest absolute Gasteiger partial charge is 0.308 e. The number of rotatable bonds is 11. The Bertz CT molecular complexity index is 5090. The van der Waals surface area contributed by atoms with E-state index in [2.05, 4.69) is 48.5 Å². The number of hydrogen-bond donors (Lipinski definition) is 0. The quantitative estimate of drug-likeness (QED) is 0.128. The minimum atomic E-state index is -4.88. The highest BCUT2D eigenvalue weighted by Crippen LogP contribution is 2.46. The van der Waals surface area contributed by atoms with Crippen LogP contribution in [-0.4, -0.2) is 29.1 Å². The Labute approximate surface area is 538 Å². The lowest BCUT2D eigenvalue weighted by Gasteiger charge is -2.20. The van der Waals surface area contributed by atoms with Gasteiger partial charge in [-0.05, 0) is 125 Å². The minimum absolute atomic E-state index is 0.0772. The summed E-state index contributed by atoms with van der Waals surface area (Å²) in [6.45, 7) is 0. The lowest BCUT2D eigenvalue weighted by molar-refractivity contribution is -0.137. The molecule has 0 amide bonds. The molecule has 0 aliphatic rings. The van der Waals surface area contributed by atoms with Gasteiger partial charge in [-0.15, -0.1) is 0 Å². The second-order valence-electron chi connectivity index (χ2n) is 23.0. The van der Waals surface area contributed by atoms with Gasteiger partial charge in [-0.1, -0.05) is 176 Å². The van der Waals surface area contributed by atoms with Crippen LogP contribution in [0.2, 0.25) is 0 Å². The molecule has 6 heterocycles. The maximum Gasteiger partial charge on any atom is 0.417 e. The molecule has 0 bridgehead atoms. The maximum atomic E-state index is 15.7. The summed E-state index contributed by atoms with van der Waals surface area (Å²) in [7, 11) is 0. The highest BCUT2D eigenvalue weighted by molar-refractivity contribution is 6.14. The zero-order chi connectivity index (χ0) is 63.4. The SMILES string of the molecule is N#Cc1cccc(C(F)(F)F)c1-c1cc(-n2c3ccc(-c4c#cc(-c5ccccc5)nc4)cc3c3cc(-c4ccc(-c5ccccc5)nc4)ccc32)c(C#N)c(-n2c3ccc(-c4ccc(-c5ccccc5)nc4)cc3c3cc(-c4ccc(-c5ccccc5)nc4)ccc32)c1. The van der Waals surface area contributed by atoms with Crippen LogP contribution in [0.5, 0.6) is 0 Å². The fourth-order valence-electron chi connectivity index (χ4n) is 12.9. The first kappa shape index (κ1) is 56.2. The minimum Gasteiger partial charge on any atom is -0.308 e. The van der Waals surface area contributed by atoms with Crippen LogP contribution in [0, 0.1) is 34.8 Å². The first-order valence-electron chi connectivity index (χ1n) is 30.4. The summed E-state index contributed by atoms with van der Waals surface area (Å²) in [4.78, 5) is 19.5. The van der Waals surface area contributed by atoms with E-state index in [1.165, 1.54) is 12.1 Å². The first-order valence-corrected chi connectivity index (χ1v) is 30.4. The second kappa shape index (κ2) is 23.1. The average Bonchev–Trinajstić information content (AvgIpc) is 1.55. The molecule has 0 N–H and O–H groups in total. The molecule has 8 nitrogen and oxygen atoms in total. The third kappa shape index (κ3) is 10.0.